The summed E-state index contributed by atoms with van der Waals surface area (Å²) < 4.78 is 92.6. The van der Waals surface area contributed by atoms with Crippen molar-refractivity contribution < 1.29 is 52.9 Å². The first-order chi connectivity index (χ1) is 13.7. The van der Waals surface area contributed by atoms with Crippen LogP contribution in [0.2, 0.25) is 0 Å². The average molecular weight is 512 g/mol. The second-order valence-electron chi connectivity index (χ2n) is 6.80. The van der Waals surface area contributed by atoms with Crippen LogP contribution in [-0.2, 0) is 28.6 Å². The van der Waals surface area contributed by atoms with Crippen LogP contribution in [0.4, 0.5) is 36.4 Å². The van der Waals surface area contributed by atoms with Crippen molar-refractivity contribution in [1.29, 1.82) is 0 Å². The molecule has 0 atom stereocenters. The molecular formula is C18H14Cl2F7NOTi. The number of hydrogen-bond donors (Lipinski definition) is 1. The third-order valence-corrected chi connectivity index (χ3v) is 3.73. The number of phenolic OH excluding ortho intramolecular Hbond substituents is 1. The van der Waals surface area contributed by atoms with Crippen LogP contribution in [0, 0.1) is 23.3 Å². The first-order valence-corrected chi connectivity index (χ1v) is 12.2. The minimum absolute atomic E-state index is 0.0399. The zero-order chi connectivity index (χ0) is 23.4. The predicted octanol–water partition coefficient (Wildman–Crippen LogP) is 7.39. The topological polar surface area (TPSA) is 32.6 Å². The first kappa shape index (κ1) is 26.7. The summed E-state index contributed by atoms with van der Waals surface area (Å²) in [5.74, 6) is -10.1. The number of nitrogens with zero attached hydrogens (tertiary/aromatic N) is 1. The first-order valence-electron chi connectivity index (χ1n) is 7.94. The molecule has 0 aliphatic rings. The van der Waals surface area contributed by atoms with Gasteiger partial charge in [0.25, 0.3) is 0 Å². The van der Waals surface area contributed by atoms with Crippen molar-refractivity contribution in [2.24, 2.45) is 4.99 Å². The van der Waals surface area contributed by atoms with Gasteiger partial charge in [-0.15, -0.1) is 0 Å². The molecule has 0 aromatic heterocycles. The van der Waals surface area contributed by atoms with Gasteiger partial charge in [-0.2, -0.15) is 13.2 Å². The van der Waals surface area contributed by atoms with Gasteiger partial charge in [0.2, 0.25) is 0 Å². The van der Waals surface area contributed by atoms with Crippen molar-refractivity contribution in [3.8, 4) is 5.75 Å². The van der Waals surface area contributed by atoms with E-state index in [0.717, 1.165) is 0 Å². The van der Waals surface area contributed by atoms with Gasteiger partial charge in [0.1, 0.15) is 17.0 Å². The van der Waals surface area contributed by atoms with Crippen molar-refractivity contribution in [3.63, 3.8) is 0 Å². The summed E-state index contributed by atoms with van der Waals surface area (Å²) >= 11 is -0.556. The molecule has 164 valence electrons. The van der Waals surface area contributed by atoms with Gasteiger partial charge in [0, 0.05) is 11.8 Å². The quantitative estimate of drug-likeness (QED) is 0.194. The number of para-hydroxylation sites is 1. The van der Waals surface area contributed by atoms with Crippen LogP contribution in [0.1, 0.15) is 37.5 Å². The summed E-state index contributed by atoms with van der Waals surface area (Å²) in [6.45, 7) is 5.34. The summed E-state index contributed by atoms with van der Waals surface area (Å²) in [6, 6.07) is 4.40. The molecule has 2 nitrogen and oxygen atoms in total. The van der Waals surface area contributed by atoms with Crippen LogP contribution >= 0.6 is 18.6 Å². The fraction of sp³-hybridized carbons (Fsp3) is 0.278. The Morgan fingerprint density at radius 1 is 0.933 bits per heavy atom. The van der Waals surface area contributed by atoms with Gasteiger partial charge in [-0.3, -0.25) is 0 Å². The van der Waals surface area contributed by atoms with E-state index >= 15 is 0 Å². The van der Waals surface area contributed by atoms with Crippen molar-refractivity contribution in [2.45, 2.75) is 32.4 Å². The Labute approximate surface area is 184 Å². The summed E-state index contributed by atoms with van der Waals surface area (Å²) in [5.41, 5.74) is -4.33. The summed E-state index contributed by atoms with van der Waals surface area (Å²) in [5, 5.41) is 10.2. The monoisotopic (exact) mass is 511 g/mol. The third-order valence-electron chi connectivity index (χ3n) is 3.73. The van der Waals surface area contributed by atoms with Gasteiger partial charge in [0.05, 0.1) is 0 Å². The molecular weight excluding hydrogens is 498 g/mol. The molecule has 12 heteroatoms. The predicted molar refractivity (Wildman–Crippen MR) is 97.0 cm³/mol. The molecule has 0 saturated heterocycles. The fourth-order valence-electron chi connectivity index (χ4n) is 2.39. The van der Waals surface area contributed by atoms with Crippen LogP contribution in [0.15, 0.2) is 23.2 Å². The molecule has 0 aliphatic heterocycles. The van der Waals surface area contributed by atoms with Crippen molar-refractivity contribution in [1.82, 2.24) is 0 Å². The van der Waals surface area contributed by atoms with Crippen LogP contribution in [0.3, 0.4) is 0 Å². The summed E-state index contributed by atoms with van der Waals surface area (Å²) in [6.07, 6.45) is -4.92. The molecule has 0 bridgehead atoms. The molecule has 0 aliphatic carbocycles. The Morgan fingerprint density at radius 2 is 1.40 bits per heavy atom. The Morgan fingerprint density at radius 3 is 1.80 bits per heavy atom. The van der Waals surface area contributed by atoms with Crippen molar-refractivity contribution in [2.75, 3.05) is 0 Å². The van der Waals surface area contributed by atoms with Crippen LogP contribution in [0.25, 0.3) is 0 Å². The summed E-state index contributed by atoms with van der Waals surface area (Å²) in [7, 11) is 9.78. The molecule has 0 spiro atoms. The minimum atomic E-state index is -5.63. The van der Waals surface area contributed by atoms with Gasteiger partial charge < -0.3 is 5.11 Å². The Kier molecular flexibility index (Phi) is 9.23. The third kappa shape index (κ3) is 6.12. The van der Waals surface area contributed by atoms with Crippen LogP contribution in [0.5, 0.6) is 5.75 Å². The molecule has 0 fully saturated rings. The Bertz CT molecular complexity index is 915. The number of hydrogen-bond acceptors (Lipinski definition) is 2. The average Bonchev–Trinajstić information content (AvgIpc) is 2.60. The Hall–Kier alpha value is -1.29. The van der Waals surface area contributed by atoms with E-state index in [1.165, 1.54) is 12.1 Å². The van der Waals surface area contributed by atoms with E-state index in [9.17, 15) is 35.8 Å². The maximum atomic E-state index is 13.8. The van der Waals surface area contributed by atoms with E-state index in [-0.39, 0.29) is 11.3 Å². The Balaban J connectivity index is 0.00000141. The summed E-state index contributed by atoms with van der Waals surface area (Å²) in [4.78, 5) is 3.22. The molecule has 1 N–H and O–H groups in total. The maximum absolute atomic E-state index is 13.8. The molecule has 0 radical (unpaired) electrons. The molecule has 0 saturated carbocycles. The van der Waals surface area contributed by atoms with E-state index in [4.69, 9.17) is 18.6 Å². The second-order valence-corrected chi connectivity index (χ2v) is 9.38. The molecule has 30 heavy (non-hydrogen) atoms. The van der Waals surface area contributed by atoms with Crippen molar-refractivity contribution >= 4 is 30.5 Å². The molecule has 0 amide bonds. The second kappa shape index (κ2) is 10.4. The van der Waals surface area contributed by atoms with Gasteiger partial charge in [0.15, 0.2) is 23.3 Å². The van der Waals surface area contributed by atoms with Gasteiger partial charge in [-0.25, -0.2) is 22.6 Å². The standard InChI is InChI=1S/C18H14F7NO.2ClH.Ti/c1-17(2,3)9-6-4-5-8(16(9)27)7-26-15-13(21)11(19)10(18(23,24)25)12(20)14(15)22;;;/h4-7,27H,1-3H3;2*1H;/q;;;+2/p-2. The number of aliphatic imine (C=N–C) groups is 1. The number of halogens is 9. The molecule has 0 unspecified atom stereocenters. The van der Waals surface area contributed by atoms with Gasteiger partial charge >= 0.3 is 41.8 Å². The molecule has 0 heterocycles. The normalized spacial score (nSPS) is 12.0. The zero-order valence-electron chi connectivity index (χ0n) is 15.6. The van der Waals surface area contributed by atoms with E-state index in [1.54, 1.807) is 26.8 Å². The number of rotatable bonds is 2. The van der Waals surface area contributed by atoms with Crippen molar-refractivity contribution in [3.05, 3.63) is 58.2 Å². The fourth-order valence-corrected chi connectivity index (χ4v) is 2.39. The number of phenols is 1. The number of aromatic hydroxyl groups is 1. The van der Waals surface area contributed by atoms with Crippen LogP contribution < -0.4 is 0 Å². The molecule has 2 aromatic carbocycles. The van der Waals surface area contributed by atoms with E-state index < -0.39 is 63.1 Å². The van der Waals surface area contributed by atoms with Gasteiger partial charge in [-0.05, 0) is 17.0 Å². The van der Waals surface area contributed by atoms with Crippen LogP contribution in [-0.4, -0.2) is 11.3 Å². The number of benzene rings is 2. The number of alkyl halides is 3. The van der Waals surface area contributed by atoms with Gasteiger partial charge in [-0.1, -0.05) is 32.9 Å². The van der Waals surface area contributed by atoms with E-state index in [0.29, 0.717) is 11.8 Å². The molecule has 2 rings (SSSR count). The SMILES string of the molecule is CC(C)(C)c1cccc(C=Nc2c(F)c(F)c(C(F)(F)F)c(F)c2F)c1O.[Cl][Ti][Cl]. The van der Waals surface area contributed by atoms with E-state index in [1.807, 2.05) is 0 Å². The zero-order valence-corrected chi connectivity index (χ0v) is 18.7. The molecule has 2 aromatic rings. The van der Waals surface area contributed by atoms with E-state index in [2.05, 4.69) is 4.99 Å².